The normalized spacial score (nSPS) is 20.9. The van der Waals surface area contributed by atoms with Gasteiger partial charge < -0.3 is 10.4 Å². The highest BCUT2D eigenvalue weighted by Crippen LogP contribution is 2.39. The first-order valence-corrected chi connectivity index (χ1v) is 6.26. The van der Waals surface area contributed by atoms with E-state index in [1.165, 1.54) is 12.8 Å². The molecule has 0 heterocycles. The highest BCUT2D eigenvalue weighted by Gasteiger charge is 2.40. The molecule has 0 aliphatic heterocycles. The van der Waals surface area contributed by atoms with Crippen molar-refractivity contribution in [2.45, 2.75) is 44.2 Å². The molecule has 0 bridgehead atoms. The van der Waals surface area contributed by atoms with Gasteiger partial charge in [0, 0.05) is 5.54 Å². The first-order chi connectivity index (χ1) is 7.78. The monoisotopic (exact) mass is 219 g/mol. The lowest BCUT2D eigenvalue weighted by molar-refractivity contribution is 0.0626. The van der Waals surface area contributed by atoms with Crippen LogP contribution in [0.4, 0.5) is 0 Å². The predicted octanol–water partition coefficient (Wildman–Crippen LogP) is 2.64. The zero-order valence-corrected chi connectivity index (χ0v) is 9.95. The summed E-state index contributed by atoms with van der Waals surface area (Å²) in [6.45, 7) is 3.03. The molecule has 0 amide bonds. The fraction of sp³-hybridized carbons (Fsp3) is 0.571. The summed E-state index contributed by atoms with van der Waals surface area (Å²) in [6.07, 6.45) is 4.22. The molecule has 1 aliphatic carbocycles. The van der Waals surface area contributed by atoms with Crippen LogP contribution in [0.5, 0.6) is 0 Å². The van der Waals surface area contributed by atoms with E-state index < -0.39 is 0 Å². The minimum absolute atomic E-state index is 0.0872. The van der Waals surface area contributed by atoms with Crippen molar-refractivity contribution in [1.82, 2.24) is 5.32 Å². The van der Waals surface area contributed by atoms with Gasteiger partial charge in [0.05, 0.1) is 6.10 Å². The molecule has 2 nitrogen and oxygen atoms in total. The van der Waals surface area contributed by atoms with Gasteiger partial charge in [-0.05, 0) is 24.9 Å². The molecule has 16 heavy (non-hydrogen) atoms. The number of aliphatic hydroxyl groups excluding tert-OH is 1. The molecule has 2 heteroatoms. The van der Waals surface area contributed by atoms with Crippen molar-refractivity contribution in [1.29, 1.82) is 0 Å². The van der Waals surface area contributed by atoms with Crippen molar-refractivity contribution in [2.24, 2.45) is 0 Å². The second-order valence-corrected chi connectivity index (χ2v) is 4.71. The average molecular weight is 219 g/mol. The third kappa shape index (κ3) is 2.13. The molecule has 2 rings (SSSR count). The smallest absolute Gasteiger partial charge is 0.0971 e. The molecular weight excluding hydrogens is 198 g/mol. The molecule has 0 saturated heterocycles. The Morgan fingerprint density at radius 3 is 2.44 bits per heavy atom. The fourth-order valence-electron chi connectivity index (χ4n) is 2.86. The van der Waals surface area contributed by atoms with Gasteiger partial charge in [0.1, 0.15) is 0 Å². The summed E-state index contributed by atoms with van der Waals surface area (Å²) in [6, 6.07) is 10.0. The van der Waals surface area contributed by atoms with E-state index in [0.29, 0.717) is 0 Å². The summed E-state index contributed by atoms with van der Waals surface area (Å²) in [5, 5.41) is 14.0. The van der Waals surface area contributed by atoms with E-state index in [1.807, 2.05) is 30.3 Å². The molecule has 1 unspecified atom stereocenters. The van der Waals surface area contributed by atoms with Gasteiger partial charge in [-0.25, -0.2) is 0 Å². The Morgan fingerprint density at radius 2 is 1.88 bits per heavy atom. The second-order valence-electron chi connectivity index (χ2n) is 4.71. The maximum absolute atomic E-state index is 10.5. The maximum atomic E-state index is 10.5. The van der Waals surface area contributed by atoms with Gasteiger partial charge in [-0.3, -0.25) is 0 Å². The Bertz CT molecular complexity index is 317. The van der Waals surface area contributed by atoms with Gasteiger partial charge >= 0.3 is 0 Å². The zero-order chi connectivity index (χ0) is 11.4. The number of nitrogens with one attached hydrogen (secondary N) is 1. The number of rotatable bonds is 4. The van der Waals surface area contributed by atoms with Crippen LogP contribution < -0.4 is 5.32 Å². The molecule has 1 aromatic carbocycles. The van der Waals surface area contributed by atoms with Crippen LogP contribution in [0.25, 0.3) is 0 Å². The van der Waals surface area contributed by atoms with E-state index in [2.05, 4.69) is 12.2 Å². The molecule has 1 saturated carbocycles. The number of aliphatic hydroxyl groups is 1. The SMILES string of the molecule is CCNC1(C(O)c2ccccc2)CCCC1. The molecule has 0 radical (unpaired) electrons. The van der Waals surface area contributed by atoms with E-state index in [0.717, 1.165) is 24.9 Å². The maximum Gasteiger partial charge on any atom is 0.0971 e. The van der Waals surface area contributed by atoms with E-state index in [-0.39, 0.29) is 11.6 Å². The van der Waals surface area contributed by atoms with Crippen molar-refractivity contribution < 1.29 is 5.11 Å². The highest BCUT2D eigenvalue weighted by molar-refractivity contribution is 5.22. The summed E-state index contributed by atoms with van der Waals surface area (Å²) >= 11 is 0. The second kappa shape index (κ2) is 4.98. The minimum atomic E-state index is -0.379. The summed E-state index contributed by atoms with van der Waals surface area (Å²) in [5.41, 5.74) is 0.946. The molecule has 2 N–H and O–H groups in total. The standard InChI is InChI=1S/C14H21NO/c1-2-15-14(10-6-7-11-14)13(16)12-8-4-3-5-9-12/h3-5,8-9,13,15-16H,2,6-7,10-11H2,1H3. The lowest BCUT2D eigenvalue weighted by atomic mass is 9.86. The number of hydrogen-bond acceptors (Lipinski definition) is 2. The van der Waals surface area contributed by atoms with E-state index in [4.69, 9.17) is 0 Å². The Balaban J connectivity index is 2.20. The van der Waals surface area contributed by atoms with Crippen LogP contribution in [0, 0.1) is 0 Å². The van der Waals surface area contributed by atoms with E-state index >= 15 is 0 Å². The molecule has 0 aromatic heterocycles. The fourth-order valence-corrected chi connectivity index (χ4v) is 2.86. The third-order valence-corrected chi connectivity index (χ3v) is 3.66. The number of benzene rings is 1. The van der Waals surface area contributed by atoms with Crippen molar-refractivity contribution in [3.63, 3.8) is 0 Å². The van der Waals surface area contributed by atoms with Crippen LogP contribution in [0.3, 0.4) is 0 Å². The van der Waals surface area contributed by atoms with Crippen molar-refractivity contribution in [2.75, 3.05) is 6.54 Å². The molecular formula is C14H21NO. The Hall–Kier alpha value is -0.860. The van der Waals surface area contributed by atoms with Gasteiger partial charge in [-0.2, -0.15) is 0 Å². The summed E-state index contributed by atoms with van der Waals surface area (Å²) in [4.78, 5) is 0. The summed E-state index contributed by atoms with van der Waals surface area (Å²) < 4.78 is 0. The van der Waals surface area contributed by atoms with Gasteiger partial charge in [-0.1, -0.05) is 50.1 Å². The Labute approximate surface area is 97.7 Å². The van der Waals surface area contributed by atoms with E-state index in [1.54, 1.807) is 0 Å². The number of hydrogen-bond donors (Lipinski definition) is 2. The van der Waals surface area contributed by atoms with Crippen molar-refractivity contribution in [3.8, 4) is 0 Å². The van der Waals surface area contributed by atoms with Gasteiger partial charge in [0.15, 0.2) is 0 Å². The molecule has 1 aliphatic rings. The van der Waals surface area contributed by atoms with E-state index in [9.17, 15) is 5.11 Å². The Kier molecular flexibility index (Phi) is 3.62. The first kappa shape index (κ1) is 11.6. The first-order valence-electron chi connectivity index (χ1n) is 6.26. The summed E-state index contributed by atoms with van der Waals surface area (Å²) in [7, 11) is 0. The van der Waals surface area contributed by atoms with Crippen LogP contribution in [0.15, 0.2) is 30.3 Å². The molecule has 88 valence electrons. The lowest BCUT2D eigenvalue weighted by Gasteiger charge is -2.35. The third-order valence-electron chi connectivity index (χ3n) is 3.66. The summed E-state index contributed by atoms with van der Waals surface area (Å²) in [5.74, 6) is 0. The largest absolute Gasteiger partial charge is 0.386 e. The average Bonchev–Trinajstić information content (AvgIpc) is 2.80. The van der Waals surface area contributed by atoms with Crippen molar-refractivity contribution in [3.05, 3.63) is 35.9 Å². The quantitative estimate of drug-likeness (QED) is 0.816. The van der Waals surface area contributed by atoms with Crippen LogP contribution >= 0.6 is 0 Å². The van der Waals surface area contributed by atoms with Crippen LogP contribution in [0.2, 0.25) is 0 Å². The van der Waals surface area contributed by atoms with Crippen molar-refractivity contribution >= 4 is 0 Å². The predicted molar refractivity (Wildman–Crippen MR) is 66.3 cm³/mol. The lowest BCUT2D eigenvalue weighted by Crippen LogP contribution is -2.47. The molecule has 1 atom stereocenters. The van der Waals surface area contributed by atoms with Gasteiger partial charge in [-0.15, -0.1) is 0 Å². The van der Waals surface area contributed by atoms with Crippen LogP contribution in [-0.2, 0) is 0 Å². The Morgan fingerprint density at radius 1 is 1.25 bits per heavy atom. The van der Waals surface area contributed by atoms with Gasteiger partial charge in [0.2, 0.25) is 0 Å². The van der Waals surface area contributed by atoms with Gasteiger partial charge in [0.25, 0.3) is 0 Å². The topological polar surface area (TPSA) is 32.3 Å². The molecule has 0 spiro atoms. The van der Waals surface area contributed by atoms with Crippen LogP contribution in [0.1, 0.15) is 44.3 Å². The van der Waals surface area contributed by atoms with Crippen LogP contribution in [-0.4, -0.2) is 17.2 Å². The highest BCUT2D eigenvalue weighted by atomic mass is 16.3. The number of likely N-dealkylation sites (N-methyl/N-ethyl adjacent to an activating group) is 1. The molecule has 1 fully saturated rings. The minimum Gasteiger partial charge on any atom is -0.386 e. The molecule has 1 aromatic rings. The zero-order valence-electron chi connectivity index (χ0n) is 9.95.